The lowest BCUT2D eigenvalue weighted by molar-refractivity contribution is -0.140. The molecule has 0 saturated heterocycles. The molecule has 0 unspecified atom stereocenters. The van der Waals surface area contributed by atoms with Crippen LogP contribution in [0.15, 0.2) is 53.0 Å². The maximum atomic E-state index is 13.5. The smallest absolute Gasteiger partial charge is 0.244 e. The van der Waals surface area contributed by atoms with Gasteiger partial charge < -0.3 is 10.2 Å². The minimum absolute atomic E-state index is 0.0341. The quantitative estimate of drug-likeness (QED) is 0.400. The minimum atomic E-state index is -3.81. The topological polar surface area (TPSA) is 86.8 Å². The Balaban J connectivity index is 2.40. The van der Waals surface area contributed by atoms with Crippen LogP contribution in [-0.2, 0) is 26.2 Å². The Bertz CT molecular complexity index is 1080. The third-order valence-electron chi connectivity index (χ3n) is 5.28. The van der Waals surface area contributed by atoms with Crippen LogP contribution in [-0.4, -0.2) is 50.5 Å². The van der Waals surface area contributed by atoms with E-state index in [-0.39, 0.29) is 12.5 Å². The fourth-order valence-electron chi connectivity index (χ4n) is 3.46. The molecule has 186 valence electrons. The number of para-hydroxylation sites is 1. The van der Waals surface area contributed by atoms with Crippen LogP contribution in [0.2, 0.25) is 0 Å². The number of anilines is 1. The highest BCUT2D eigenvalue weighted by Gasteiger charge is 2.32. The van der Waals surface area contributed by atoms with Crippen LogP contribution in [0.25, 0.3) is 0 Å². The van der Waals surface area contributed by atoms with Gasteiger partial charge >= 0.3 is 0 Å². The average molecular weight is 556 g/mol. The number of rotatable bonds is 12. The first kappa shape index (κ1) is 27.8. The van der Waals surface area contributed by atoms with Gasteiger partial charge in [0, 0.05) is 17.6 Å². The molecular weight excluding hydrogens is 525 g/mol. The first-order chi connectivity index (χ1) is 16.1. The zero-order valence-corrected chi connectivity index (χ0v) is 22.0. The predicted octanol–water partition coefficient (Wildman–Crippen LogP) is 4.08. The van der Waals surface area contributed by atoms with Gasteiger partial charge in [-0.1, -0.05) is 44.5 Å². The molecule has 0 fully saturated rings. The molecule has 0 aliphatic rings. The second-order valence-electron chi connectivity index (χ2n) is 7.94. The summed E-state index contributed by atoms with van der Waals surface area (Å²) in [4.78, 5) is 27.8. The molecular formula is C24H31BrFN3O4S. The fraction of sp³-hybridized carbons (Fsp3) is 0.417. The highest BCUT2D eigenvalue weighted by atomic mass is 79.9. The van der Waals surface area contributed by atoms with Crippen molar-refractivity contribution in [2.45, 2.75) is 45.7 Å². The average Bonchev–Trinajstić information content (AvgIpc) is 2.78. The second-order valence-corrected chi connectivity index (χ2v) is 10.7. The maximum absolute atomic E-state index is 13.5. The number of amides is 2. The first-order valence-electron chi connectivity index (χ1n) is 11.1. The van der Waals surface area contributed by atoms with Crippen molar-refractivity contribution in [3.8, 4) is 0 Å². The third kappa shape index (κ3) is 7.80. The molecule has 0 aliphatic carbocycles. The van der Waals surface area contributed by atoms with Gasteiger partial charge in [0.05, 0.1) is 11.9 Å². The van der Waals surface area contributed by atoms with Crippen molar-refractivity contribution in [3.63, 3.8) is 0 Å². The third-order valence-corrected chi connectivity index (χ3v) is 7.08. The molecule has 0 radical (unpaired) electrons. The maximum Gasteiger partial charge on any atom is 0.244 e. The van der Waals surface area contributed by atoms with E-state index in [4.69, 9.17) is 0 Å². The van der Waals surface area contributed by atoms with E-state index >= 15 is 0 Å². The number of carbonyl (C=O) groups is 2. The van der Waals surface area contributed by atoms with Crippen molar-refractivity contribution in [3.05, 3.63) is 64.4 Å². The van der Waals surface area contributed by atoms with E-state index < -0.39 is 34.3 Å². The number of hydrogen-bond donors (Lipinski definition) is 1. The van der Waals surface area contributed by atoms with E-state index in [0.29, 0.717) is 28.7 Å². The summed E-state index contributed by atoms with van der Waals surface area (Å²) in [5.74, 6) is -1.26. The number of carbonyl (C=O) groups excluding carboxylic acids is 2. The van der Waals surface area contributed by atoms with Gasteiger partial charge in [-0.3, -0.25) is 13.9 Å². The van der Waals surface area contributed by atoms with Gasteiger partial charge in [0.1, 0.15) is 18.4 Å². The number of sulfonamides is 1. The highest BCUT2D eigenvalue weighted by Crippen LogP contribution is 2.28. The van der Waals surface area contributed by atoms with Crippen molar-refractivity contribution in [2.75, 3.05) is 23.7 Å². The van der Waals surface area contributed by atoms with Gasteiger partial charge in [-0.05, 0) is 58.6 Å². The SMILES string of the molecule is CCCCNC(=O)[C@@H](CC)N(Cc1ccc(F)cc1)C(=O)CN(c1ccccc1Br)S(C)(=O)=O. The van der Waals surface area contributed by atoms with E-state index in [2.05, 4.69) is 21.2 Å². The number of unbranched alkanes of at least 4 members (excludes halogenated alkanes) is 1. The van der Waals surface area contributed by atoms with Gasteiger partial charge in [0.25, 0.3) is 0 Å². The molecule has 0 aliphatic heterocycles. The van der Waals surface area contributed by atoms with E-state index in [1.54, 1.807) is 43.3 Å². The van der Waals surface area contributed by atoms with Gasteiger partial charge in [0.2, 0.25) is 21.8 Å². The molecule has 0 spiro atoms. The lowest BCUT2D eigenvalue weighted by Gasteiger charge is -2.33. The summed E-state index contributed by atoms with van der Waals surface area (Å²) in [6.45, 7) is 3.83. The summed E-state index contributed by atoms with van der Waals surface area (Å²) >= 11 is 3.35. The molecule has 34 heavy (non-hydrogen) atoms. The molecule has 0 aromatic heterocycles. The summed E-state index contributed by atoms with van der Waals surface area (Å²) < 4.78 is 40.1. The van der Waals surface area contributed by atoms with Crippen LogP contribution >= 0.6 is 15.9 Å². The number of nitrogens with zero attached hydrogens (tertiary/aromatic N) is 2. The molecule has 0 saturated carbocycles. The van der Waals surface area contributed by atoms with Crippen LogP contribution in [0.4, 0.5) is 10.1 Å². The van der Waals surface area contributed by atoms with Crippen molar-refractivity contribution in [1.82, 2.24) is 10.2 Å². The molecule has 2 aromatic carbocycles. The zero-order valence-electron chi connectivity index (χ0n) is 19.6. The lowest BCUT2D eigenvalue weighted by Crippen LogP contribution is -2.52. The summed E-state index contributed by atoms with van der Waals surface area (Å²) in [7, 11) is -3.81. The van der Waals surface area contributed by atoms with E-state index in [0.717, 1.165) is 23.4 Å². The number of benzene rings is 2. The molecule has 10 heteroatoms. The van der Waals surface area contributed by atoms with Gasteiger partial charge in [-0.15, -0.1) is 0 Å². The molecule has 2 aromatic rings. The molecule has 2 amide bonds. The lowest BCUT2D eigenvalue weighted by atomic mass is 10.1. The molecule has 2 rings (SSSR count). The first-order valence-corrected chi connectivity index (χ1v) is 13.8. The van der Waals surface area contributed by atoms with Crippen LogP contribution in [0, 0.1) is 5.82 Å². The van der Waals surface area contributed by atoms with E-state index in [1.807, 2.05) is 6.92 Å². The number of hydrogen-bond acceptors (Lipinski definition) is 4. The Kier molecular flexibility index (Phi) is 10.5. The zero-order chi connectivity index (χ0) is 25.3. The molecule has 0 heterocycles. The number of halogens is 2. The Hall–Kier alpha value is -2.46. The monoisotopic (exact) mass is 555 g/mol. The van der Waals surface area contributed by atoms with Crippen LogP contribution in [0.1, 0.15) is 38.7 Å². The summed E-state index contributed by atoms with van der Waals surface area (Å²) in [6.07, 6.45) is 3.07. The Labute approximate surface area is 209 Å². The van der Waals surface area contributed by atoms with Gasteiger partial charge in [-0.25, -0.2) is 12.8 Å². The normalized spacial score (nSPS) is 12.1. The molecule has 7 nitrogen and oxygen atoms in total. The molecule has 1 atom stereocenters. The summed E-state index contributed by atoms with van der Waals surface area (Å²) in [6, 6.07) is 11.5. The number of nitrogens with one attached hydrogen (secondary N) is 1. The van der Waals surface area contributed by atoms with Crippen molar-refractivity contribution in [1.29, 1.82) is 0 Å². The minimum Gasteiger partial charge on any atom is -0.354 e. The fourth-order valence-corrected chi connectivity index (χ4v) is 4.94. The van der Waals surface area contributed by atoms with E-state index in [1.165, 1.54) is 17.0 Å². The van der Waals surface area contributed by atoms with Gasteiger partial charge in [0.15, 0.2) is 0 Å². The standard InChI is InChI=1S/C24H31BrFN3O4S/c1-4-6-15-27-24(31)21(5-2)28(16-18-11-13-19(26)14-12-18)23(30)17-29(34(3,32)33)22-10-8-7-9-20(22)25/h7-14,21H,4-6,15-17H2,1-3H3,(H,27,31)/t21-/m1/s1. The highest BCUT2D eigenvalue weighted by molar-refractivity contribution is 9.10. The van der Waals surface area contributed by atoms with Crippen LogP contribution < -0.4 is 9.62 Å². The largest absolute Gasteiger partial charge is 0.354 e. The molecule has 0 bridgehead atoms. The van der Waals surface area contributed by atoms with Crippen LogP contribution in [0.5, 0.6) is 0 Å². The Morgan fingerprint density at radius 3 is 2.29 bits per heavy atom. The summed E-state index contributed by atoms with van der Waals surface area (Å²) in [5.41, 5.74) is 0.946. The second kappa shape index (κ2) is 12.9. The van der Waals surface area contributed by atoms with Gasteiger partial charge in [-0.2, -0.15) is 0 Å². The van der Waals surface area contributed by atoms with Crippen LogP contribution in [0.3, 0.4) is 0 Å². The van der Waals surface area contributed by atoms with Crippen molar-refractivity contribution >= 4 is 43.5 Å². The summed E-state index contributed by atoms with van der Waals surface area (Å²) in [5, 5.41) is 2.86. The van der Waals surface area contributed by atoms with Crippen molar-refractivity contribution in [2.24, 2.45) is 0 Å². The Morgan fingerprint density at radius 2 is 1.74 bits per heavy atom. The molecule has 1 N–H and O–H groups in total. The van der Waals surface area contributed by atoms with Crippen molar-refractivity contribution < 1.29 is 22.4 Å². The predicted molar refractivity (Wildman–Crippen MR) is 135 cm³/mol. The van der Waals surface area contributed by atoms with E-state index in [9.17, 15) is 22.4 Å². The Morgan fingerprint density at radius 1 is 1.09 bits per heavy atom.